The first-order chi connectivity index (χ1) is 10.3. The van der Waals surface area contributed by atoms with Crippen molar-refractivity contribution in [1.29, 1.82) is 0 Å². The van der Waals surface area contributed by atoms with E-state index in [1.54, 1.807) is 0 Å². The lowest BCUT2D eigenvalue weighted by molar-refractivity contribution is -0.119. The molecule has 0 saturated heterocycles. The second-order valence-corrected chi connectivity index (χ2v) is 8.29. The van der Waals surface area contributed by atoms with E-state index in [0.29, 0.717) is 5.56 Å². The normalized spacial score (nSPS) is 16.0. The molecule has 122 valence electrons. The maximum atomic E-state index is 12.3. The second kappa shape index (κ2) is 6.77. The lowest BCUT2D eigenvalue weighted by Crippen LogP contribution is -2.37. The maximum Gasteiger partial charge on any atom is 0.235 e. The van der Waals surface area contributed by atoms with Crippen LogP contribution in [0, 0.1) is 20.8 Å². The SMILES string of the molecule is Cc1cc(C)c(CS(=O)(=O)CC(=O)NC2CCCC2)c(C)n1. The molecule has 0 spiro atoms. The summed E-state index contributed by atoms with van der Waals surface area (Å²) in [5.74, 6) is -0.964. The highest BCUT2D eigenvalue weighted by molar-refractivity contribution is 7.91. The molecule has 1 amide bonds. The van der Waals surface area contributed by atoms with Gasteiger partial charge in [-0.25, -0.2) is 8.42 Å². The van der Waals surface area contributed by atoms with Crippen molar-refractivity contribution in [2.75, 3.05) is 5.75 Å². The zero-order chi connectivity index (χ0) is 16.3. The van der Waals surface area contributed by atoms with Crippen LogP contribution >= 0.6 is 0 Å². The van der Waals surface area contributed by atoms with Crippen LogP contribution in [0.5, 0.6) is 0 Å². The van der Waals surface area contributed by atoms with Gasteiger partial charge in [-0.15, -0.1) is 0 Å². The number of nitrogens with zero attached hydrogens (tertiary/aromatic N) is 1. The summed E-state index contributed by atoms with van der Waals surface area (Å²) >= 11 is 0. The maximum absolute atomic E-state index is 12.3. The molecule has 6 heteroatoms. The Balaban J connectivity index is 2.03. The average molecular weight is 324 g/mol. The monoisotopic (exact) mass is 324 g/mol. The quantitative estimate of drug-likeness (QED) is 0.898. The molecule has 1 N–H and O–H groups in total. The van der Waals surface area contributed by atoms with Crippen molar-refractivity contribution in [3.63, 3.8) is 0 Å². The van der Waals surface area contributed by atoms with Crippen LogP contribution in [-0.2, 0) is 20.4 Å². The Kier molecular flexibility index (Phi) is 5.21. The van der Waals surface area contributed by atoms with Crippen molar-refractivity contribution in [2.24, 2.45) is 0 Å². The first kappa shape index (κ1) is 16.9. The van der Waals surface area contributed by atoms with Crippen LogP contribution in [-0.4, -0.2) is 31.1 Å². The standard InChI is InChI=1S/C16H24N2O3S/c1-11-8-12(2)17-13(3)15(11)9-22(20,21)10-16(19)18-14-6-4-5-7-14/h8,14H,4-7,9-10H2,1-3H3,(H,18,19). The van der Waals surface area contributed by atoms with E-state index in [9.17, 15) is 13.2 Å². The van der Waals surface area contributed by atoms with Gasteiger partial charge in [-0.05, 0) is 50.8 Å². The molecule has 0 bridgehead atoms. The molecule has 0 radical (unpaired) electrons. The lowest BCUT2D eigenvalue weighted by atomic mass is 10.1. The fourth-order valence-electron chi connectivity index (χ4n) is 3.08. The number of sulfone groups is 1. The summed E-state index contributed by atoms with van der Waals surface area (Å²) < 4.78 is 24.6. The topological polar surface area (TPSA) is 76.1 Å². The van der Waals surface area contributed by atoms with Crippen molar-refractivity contribution >= 4 is 15.7 Å². The molecular formula is C16H24N2O3S. The molecule has 1 fully saturated rings. The molecule has 1 aromatic rings. The third-order valence-corrected chi connectivity index (χ3v) is 5.55. The molecule has 5 nitrogen and oxygen atoms in total. The van der Waals surface area contributed by atoms with E-state index in [4.69, 9.17) is 0 Å². The van der Waals surface area contributed by atoms with Gasteiger partial charge < -0.3 is 5.32 Å². The van der Waals surface area contributed by atoms with Crippen LogP contribution in [0.2, 0.25) is 0 Å². The molecule has 1 aliphatic rings. The summed E-state index contributed by atoms with van der Waals surface area (Å²) in [6.45, 7) is 5.57. The predicted octanol–water partition coefficient (Wildman–Crippen LogP) is 1.98. The van der Waals surface area contributed by atoms with Crippen LogP contribution < -0.4 is 5.32 Å². The Hall–Kier alpha value is -1.43. The van der Waals surface area contributed by atoms with Gasteiger partial charge in [0.1, 0.15) is 5.75 Å². The zero-order valence-electron chi connectivity index (χ0n) is 13.5. The summed E-state index contributed by atoms with van der Waals surface area (Å²) in [7, 11) is -3.49. The van der Waals surface area contributed by atoms with Crippen LogP contribution in [0.25, 0.3) is 0 Å². The van der Waals surface area contributed by atoms with E-state index >= 15 is 0 Å². The highest BCUT2D eigenvalue weighted by atomic mass is 32.2. The Morgan fingerprint density at radius 2 is 1.91 bits per heavy atom. The highest BCUT2D eigenvalue weighted by Crippen LogP contribution is 2.19. The lowest BCUT2D eigenvalue weighted by Gasteiger charge is -2.13. The van der Waals surface area contributed by atoms with Gasteiger partial charge in [0.05, 0.1) is 5.75 Å². The van der Waals surface area contributed by atoms with Gasteiger partial charge in [0.2, 0.25) is 5.91 Å². The number of nitrogens with one attached hydrogen (secondary N) is 1. The van der Waals surface area contributed by atoms with Crippen LogP contribution in [0.15, 0.2) is 6.07 Å². The number of amides is 1. The van der Waals surface area contributed by atoms with Crippen molar-refractivity contribution in [1.82, 2.24) is 10.3 Å². The third-order valence-electron chi connectivity index (χ3n) is 4.12. The summed E-state index contributed by atoms with van der Waals surface area (Å²) in [6, 6.07) is 2.02. The second-order valence-electron chi connectivity index (χ2n) is 6.23. The van der Waals surface area contributed by atoms with Crippen LogP contribution in [0.3, 0.4) is 0 Å². The van der Waals surface area contributed by atoms with Gasteiger partial charge in [-0.3, -0.25) is 9.78 Å². The highest BCUT2D eigenvalue weighted by Gasteiger charge is 2.23. The van der Waals surface area contributed by atoms with E-state index in [1.807, 2.05) is 26.8 Å². The molecule has 0 unspecified atom stereocenters. The average Bonchev–Trinajstić information content (AvgIpc) is 2.85. The Morgan fingerprint density at radius 3 is 2.50 bits per heavy atom. The number of rotatable bonds is 5. The van der Waals surface area contributed by atoms with E-state index in [-0.39, 0.29) is 17.7 Å². The minimum absolute atomic E-state index is 0.129. The molecule has 0 aromatic carbocycles. The molecule has 0 atom stereocenters. The van der Waals surface area contributed by atoms with E-state index in [2.05, 4.69) is 10.3 Å². The Labute approximate surface area is 132 Å². The van der Waals surface area contributed by atoms with Crippen molar-refractivity contribution in [3.8, 4) is 0 Å². The number of hydrogen-bond donors (Lipinski definition) is 1. The van der Waals surface area contributed by atoms with Gasteiger partial charge in [0, 0.05) is 17.4 Å². The predicted molar refractivity (Wildman–Crippen MR) is 86.3 cm³/mol. The molecule has 1 aliphatic carbocycles. The zero-order valence-corrected chi connectivity index (χ0v) is 14.3. The van der Waals surface area contributed by atoms with Gasteiger partial charge in [-0.2, -0.15) is 0 Å². The first-order valence-corrected chi connectivity index (χ1v) is 9.52. The van der Waals surface area contributed by atoms with Crippen LogP contribution in [0.1, 0.15) is 48.2 Å². The van der Waals surface area contributed by atoms with Gasteiger partial charge >= 0.3 is 0 Å². The number of pyridine rings is 1. The van der Waals surface area contributed by atoms with Crippen molar-refractivity contribution < 1.29 is 13.2 Å². The van der Waals surface area contributed by atoms with Gasteiger partial charge in [-0.1, -0.05) is 12.8 Å². The van der Waals surface area contributed by atoms with Gasteiger partial charge in [0.15, 0.2) is 9.84 Å². The molecule has 1 heterocycles. The number of hydrogen-bond acceptors (Lipinski definition) is 4. The Morgan fingerprint density at radius 1 is 1.27 bits per heavy atom. The molecule has 1 aromatic heterocycles. The number of carbonyl (C=O) groups excluding carboxylic acids is 1. The first-order valence-electron chi connectivity index (χ1n) is 7.70. The van der Waals surface area contributed by atoms with Crippen molar-refractivity contribution in [2.45, 2.75) is 58.2 Å². The van der Waals surface area contributed by atoms with Gasteiger partial charge in [0.25, 0.3) is 0 Å². The third kappa shape index (κ3) is 4.53. The fraction of sp³-hybridized carbons (Fsp3) is 0.625. The minimum atomic E-state index is -3.49. The largest absolute Gasteiger partial charge is 0.352 e. The molecule has 2 rings (SSSR count). The summed E-state index contributed by atoms with van der Waals surface area (Å²) in [5, 5.41) is 2.83. The molecule has 0 aliphatic heterocycles. The number of aryl methyl sites for hydroxylation is 3. The summed E-state index contributed by atoms with van der Waals surface area (Å²) in [6.07, 6.45) is 4.11. The van der Waals surface area contributed by atoms with Crippen molar-refractivity contribution in [3.05, 3.63) is 28.6 Å². The van der Waals surface area contributed by atoms with E-state index in [0.717, 1.165) is 42.6 Å². The molecule has 1 saturated carbocycles. The molecule has 22 heavy (non-hydrogen) atoms. The van der Waals surface area contributed by atoms with Crippen LogP contribution in [0.4, 0.5) is 0 Å². The van der Waals surface area contributed by atoms with E-state index in [1.165, 1.54) is 0 Å². The smallest absolute Gasteiger partial charge is 0.235 e. The number of carbonyl (C=O) groups is 1. The molecular weight excluding hydrogens is 300 g/mol. The minimum Gasteiger partial charge on any atom is -0.352 e. The Bertz CT molecular complexity index is 639. The fourth-order valence-corrected chi connectivity index (χ4v) is 4.54. The summed E-state index contributed by atoms with van der Waals surface area (Å²) in [4.78, 5) is 16.2. The van der Waals surface area contributed by atoms with E-state index < -0.39 is 15.6 Å². The summed E-state index contributed by atoms with van der Waals surface area (Å²) in [5.41, 5.74) is 3.21. The number of aromatic nitrogens is 1.